The SMILES string of the molecule is CCC(=C(CC)c1ccc(OCCCN2CCCCC2C)cc1)c1ccc(OCCCN2CCCCC2C)cc1. The van der Waals surface area contributed by atoms with Crippen LogP contribution in [0.1, 0.15) is 103 Å². The average Bonchev–Trinajstić information content (AvgIpc) is 2.99. The van der Waals surface area contributed by atoms with Gasteiger partial charge < -0.3 is 19.3 Å². The van der Waals surface area contributed by atoms with E-state index in [1.54, 1.807) is 0 Å². The van der Waals surface area contributed by atoms with Crippen molar-refractivity contribution < 1.29 is 9.47 Å². The van der Waals surface area contributed by atoms with Gasteiger partial charge in [0.2, 0.25) is 0 Å². The topological polar surface area (TPSA) is 24.9 Å². The average molecular weight is 547 g/mol. The third kappa shape index (κ3) is 8.85. The van der Waals surface area contributed by atoms with E-state index in [9.17, 15) is 0 Å². The van der Waals surface area contributed by atoms with Crippen LogP contribution in [0, 0.1) is 0 Å². The van der Waals surface area contributed by atoms with E-state index in [2.05, 4.69) is 86.0 Å². The van der Waals surface area contributed by atoms with Crippen molar-refractivity contribution in [2.24, 2.45) is 0 Å². The summed E-state index contributed by atoms with van der Waals surface area (Å²) in [6.45, 7) is 15.6. The van der Waals surface area contributed by atoms with Crippen LogP contribution in [-0.2, 0) is 0 Å². The van der Waals surface area contributed by atoms with Gasteiger partial charge >= 0.3 is 0 Å². The van der Waals surface area contributed by atoms with Crippen LogP contribution in [0.3, 0.4) is 0 Å². The number of hydrogen-bond acceptors (Lipinski definition) is 4. The summed E-state index contributed by atoms with van der Waals surface area (Å²) in [5, 5.41) is 0. The molecule has 2 fully saturated rings. The lowest BCUT2D eigenvalue weighted by Crippen LogP contribution is -2.38. The van der Waals surface area contributed by atoms with E-state index in [1.165, 1.54) is 73.9 Å². The molecule has 2 aliphatic heterocycles. The zero-order chi connectivity index (χ0) is 28.2. The van der Waals surface area contributed by atoms with Gasteiger partial charge in [-0.1, -0.05) is 51.0 Å². The molecule has 0 aromatic heterocycles. The molecule has 2 saturated heterocycles. The third-order valence-electron chi connectivity index (χ3n) is 9.07. The quantitative estimate of drug-likeness (QED) is 0.175. The lowest BCUT2D eigenvalue weighted by molar-refractivity contribution is 0.148. The highest BCUT2D eigenvalue weighted by molar-refractivity contribution is 5.90. The first-order chi connectivity index (χ1) is 19.6. The summed E-state index contributed by atoms with van der Waals surface area (Å²) >= 11 is 0. The van der Waals surface area contributed by atoms with Crippen LogP contribution in [0.2, 0.25) is 0 Å². The number of benzene rings is 2. The van der Waals surface area contributed by atoms with Gasteiger partial charge in [0.05, 0.1) is 13.2 Å². The zero-order valence-corrected chi connectivity index (χ0v) is 25.8. The lowest BCUT2D eigenvalue weighted by Gasteiger charge is -2.33. The second-order valence-corrected chi connectivity index (χ2v) is 11.9. The van der Waals surface area contributed by atoms with Crippen molar-refractivity contribution in [1.29, 1.82) is 0 Å². The van der Waals surface area contributed by atoms with Crippen molar-refractivity contribution in [3.05, 3.63) is 59.7 Å². The fourth-order valence-corrected chi connectivity index (χ4v) is 6.58. The van der Waals surface area contributed by atoms with E-state index in [1.807, 2.05) is 0 Å². The summed E-state index contributed by atoms with van der Waals surface area (Å²) < 4.78 is 12.2. The van der Waals surface area contributed by atoms with E-state index in [0.29, 0.717) is 0 Å². The smallest absolute Gasteiger partial charge is 0.119 e. The molecule has 0 saturated carbocycles. The second kappa shape index (κ2) is 16.2. The van der Waals surface area contributed by atoms with Crippen LogP contribution >= 0.6 is 0 Å². The predicted molar refractivity (Wildman–Crippen MR) is 170 cm³/mol. The molecule has 2 atom stereocenters. The standard InChI is InChI=1S/C36H54N2O2/c1-5-35(31-15-19-33(20-16-31)39-27-11-25-37-23-9-7-13-29(37)3)36(6-2)32-17-21-34(22-18-32)40-28-12-26-38-24-10-8-14-30(38)4/h15-22,29-30H,5-14,23-28H2,1-4H3. The minimum atomic E-state index is 0.724. The number of hydrogen-bond donors (Lipinski definition) is 0. The van der Waals surface area contributed by atoms with Crippen molar-refractivity contribution in [3.8, 4) is 11.5 Å². The Hall–Kier alpha value is -2.30. The Bertz CT molecular complexity index is 946. The predicted octanol–water partition coefficient (Wildman–Crippen LogP) is 8.70. The van der Waals surface area contributed by atoms with Crippen LogP contribution < -0.4 is 9.47 Å². The molecule has 2 heterocycles. The Kier molecular flexibility index (Phi) is 12.4. The maximum atomic E-state index is 6.11. The Balaban J connectivity index is 1.28. The normalized spacial score (nSPS) is 21.2. The third-order valence-corrected chi connectivity index (χ3v) is 9.07. The fourth-order valence-electron chi connectivity index (χ4n) is 6.58. The molecule has 0 amide bonds. The van der Waals surface area contributed by atoms with Gasteiger partial charge in [-0.15, -0.1) is 0 Å². The molecule has 2 unspecified atom stereocenters. The maximum Gasteiger partial charge on any atom is 0.119 e. The lowest BCUT2D eigenvalue weighted by atomic mass is 9.91. The number of likely N-dealkylation sites (tertiary alicyclic amines) is 2. The second-order valence-electron chi connectivity index (χ2n) is 11.9. The molecule has 0 aliphatic carbocycles. The highest BCUT2D eigenvalue weighted by atomic mass is 16.5. The molecule has 4 rings (SSSR count). The number of piperidine rings is 2. The van der Waals surface area contributed by atoms with Crippen LogP contribution in [0.4, 0.5) is 0 Å². The molecule has 0 bridgehead atoms. The van der Waals surface area contributed by atoms with Crippen LogP contribution in [0.5, 0.6) is 11.5 Å². The van der Waals surface area contributed by atoms with Gasteiger partial charge in [-0.2, -0.15) is 0 Å². The molecule has 40 heavy (non-hydrogen) atoms. The summed E-state index contributed by atoms with van der Waals surface area (Å²) in [4.78, 5) is 5.24. The summed E-state index contributed by atoms with van der Waals surface area (Å²) in [5.74, 6) is 1.94. The first kappa shape index (κ1) is 30.7. The van der Waals surface area contributed by atoms with Gasteiger partial charge in [-0.25, -0.2) is 0 Å². The Morgan fingerprint density at radius 1 is 0.625 bits per heavy atom. The number of allylic oxidation sites excluding steroid dienone is 2. The van der Waals surface area contributed by atoms with E-state index in [-0.39, 0.29) is 0 Å². The maximum absolute atomic E-state index is 6.11. The molecule has 0 N–H and O–H groups in total. The monoisotopic (exact) mass is 546 g/mol. The van der Waals surface area contributed by atoms with Crippen LogP contribution in [-0.4, -0.2) is 61.3 Å². The zero-order valence-electron chi connectivity index (χ0n) is 25.8. The van der Waals surface area contributed by atoms with E-state index >= 15 is 0 Å². The van der Waals surface area contributed by atoms with Gasteiger partial charge in [-0.05, 0) is 125 Å². The molecule has 2 aromatic rings. The molecule has 4 nitrogen and oxygen atoms in total. The summed E-state index contributed by atoms with van der Waals surface area (Å²) in [6, 6.07) is 19.0. The Labute approximate surface area is 244 Å². The molecular weight excluding hydrogens is 492 g/mol. The van der Waals surface area contributed by atoms with Crippen molar-refractivity contribution in [3.63, 3.8) is 0 Å². The fraction of sp³-hybridized carbons (Fsp3) is 0.611. The van der Waals surface area contributed by atoms with Gasteiger partial charge in [-0.3, -0.25) is 0 Å². The molecule has 4 heteroatoms. The first-order valence-electron chi connectivity index (χ1n) is 16.3. The molecular formula is C36H54N2O2. The summed E-state index contributed by atoms with van der Waals surface area (Å²) in [6.07, 6.45) is 12.3. The van der Waals surface area contributed by atoms with E-state index < -0.39 is 0 Å². The highest BCUT2D eigenvalue weighted by Gasteiger charge is 2.18. The molecule has 2 aromatic carbocycles. The first-order valence-corrected chi connectivity index (χ1v) is 16.3. The summed E-state index contributed by atoms with van der Waals surface area (Å²) in [7, 11) is 0. The van der Waals surface area contributed by atoms with Crippen molar-refractivity contribution in [2.45, 2.75) is 104 Å². The van der Waals surface area contributed by atoms with Gasteiger partial charge in [0.25, 0.3) is 0 Å². The molecule has 220 valence electrons. The van der Waals surface area contributed by atoms with Crippen molar-refractivity contribution in [1.82, 2.24) is 9.80 Å². The van der Waals surface area contributed by atoms with Crippen LogP contribution in [0.25, 0.3) is 11.1 Å². The van der Waals surface area contributed by atoms with Gasteiger partial charge in [0.15, 0.2) is 0 Å². The van der Waals surface area contributed by atoms with Gasteiger partial charge in [0, 0.05) is 25.2 Å². The minimum Gasteiger partial charge on any atom is -0.494 e. The van der Waals surface area contributed by atoms with Crippen molar-refractivity contribution >= 4 is 11.1 Å². The molecule has 2 aliphatic rings. The Morgan fingerprint density at radius 2 is 1.02 bits per heavy atom. The van der Waals surface area contributed by atoms with E-state index in [4.69, 9.17) is 9.47 Å². The summed E-state index contributed by atoms with van der Waals surface area (Å²) in [5.41, 5.74) is 5.41. The number of nitrogens with zero attached hydrogens (tertiary/aromatic N) is 2. The van der Waals surface area contributed by atoms with Gasteiger partial charge in [0.1, 0.15) is 11.5 Å². The molecule has 0 radical (unpaired) electrons. The highest BCUT2D eigenvalue weighted by Crippen LogP contribution is 2.33. The Morgan fingerprint density at radius 3 is 1.38 bits per heavy atom. The van der Waals surface area contributed by atoms with Crippen molar-refractivity contribution in [2.75, 3.05) is 39.4 Å². The minimum absolute atomic E-state index is 0.724. The number of ether oxygens (including phenoxy) is 2. The molecule has 0 spiro atoms. The van der Waals surface area contributed by atoms with E-state index in [0.717, 1.165) is 75.6 Å². The largest absolute Gasteiger partial charge is 0.494 e. The number of rotatable bonds is 14. The van der Waals surface area contributed by atoms with Crippen LogP contribution in [0.15, 0.2) is 48.5 Å².